The van der Waals surface area contributed by atoms with Gasteiger partial charge in [0, 0.05) is 18.2 Å². The Morgan fingerprint density at radius 3 is 2.91 bits per heavy atom. The number of aromatic nitrogens is 3. The molecule has 2 aromatic heterocycles. The SMILES string of the molecule is Nc1noc2cc(Cn3ccc(C(F)(F)F)n3)c3c(c12)OCC3. The summed E-state index contributed by atoms with van der Waals surface area (Å²) in [5, 5.41) is 7.89. The molecule has 0 spiro atoms. The number of halogens is 3. The lowest BCUT2D eigenvalue weighted by Gasteiger charge is -2.08. The predicted octanol–water partition coefficient (Wildman–Crippen LogP) is 2.61. The van der Waals surface area contributed by atoms with Gasteiger partial charge in [0.2, 0.25) is 0 Å². The van der Waals surface area contributed by atoms with Gasteiger partial charge in [0.15, 0.2) is 17.1 Å². The molecule has 0 unspecified atom stereocenters. The Balaban J connectivity index is 1.76. The molecule has 1 aliphatic heterocycles. The molecule has 0 atom stereocenters. The third-order valence-electron chi connectivity index (χ3n) is 3.80. The van der Waals surface area contributed by atoms with E-state index in [0.717, 1.165) is 17.2 Å². The molecule has 4 rings (SSSR count). The van der Waals surface area contributed by atoms with Gasteiger partial charge in [-0.25, -0.2) is 0 Å². The maximum atomic E-state index is 12.6. The predicted molar refractivity (Wildman–Crippen MR) is 74.0 cm³/mol. The molecule has 3 heterocycles. The van der Waals surface area contributed by atoms with Crippen LogP contribution < -0.4 is 10.5 Å². The Labute approximate surface area is 127 Å². The number of nitrogen functional groups attached to an aromatic ring is 1. The highest BCUT2D eigenvalue weighted by Gasteiger charge is 2.33. The van der Waals surface area contributed by atoms with E-state index in [2.05, 4.69) is 10.3 Å². The summed E-state index contributed by atoms with van der Waals surface area (Å²) >= 11 is 0. The zero-order valence-electron chi connectivity index (χ0n) is 11.7. The fraction of sp³-hybridized carbons (Fsp3) is 0.286. The molecule has 0 bridgehead atoms. The highest BCUT2D eigenvalue weighted by molar-refractivity contribution is 5.95. The molecule has 23 heavy (non-hydrogen) atoms. The van der Waals surface area contributed by atoms with Gasteiger partial charge in [-0.05, 0) is 17.7 Å². The van der Waals surface area contributed by atoms with Crippen LogP contribution in [-0.4, -0.2) is 21.5 Å². The van der Waals surface area contributed by atoms with Crippen molar-refractivity contribution < 1.29 is 22.4 Å². The largest absolute Gasteiger partial charge is 0.492 e. The molecule has 0 fully saturated rings. The number of alkyl halides is 3. The van der Waals surface area contributed by atoms with Crippen molar-refractivity contribution >= 4 is 16.8 Å². The van der Waals surface area contributed by atoms with Crippen molar-refractivity contribution in [3.05, 3.63) is 35.2 Å². The molecule has 9 heteroatoms. The maximum Gasteiger partial charge on any atom is 0.435 e. The van der Waals surface area contributed by atoms with Crippen LogP contribution in [0.3, 0.4) is 0 Å². The van der Waals surface area contributed by atoms with Crippen molar-refractivity contribution in [3.63, 3.8) is 0 Å². The Kier molecular flexibility index (Phi) is 2.81. The first-order chi connectivity index (χ1) is 10.9. The standard InChI is InChI=1S/C14H11F3N4O2/c15-14(16,17)10-1-3-21(19-10)6-7-5-9-11(13(18)20-23-9)12-8(7)2-4-22-12/h1,3,5H,2,4,6H2,(H2,18,20). The Morgan fingerprint density at radius 1 is 1.35 bits per heavy atom. The number of rotatable bonds is 2. The van der Waals surface area contributed by atoms with E-state index >= 15 is 0 Å². The summed E-state index contributed by atoms with van der Waals surface area (Å²) in [6.45, 7) is 0.664. The second kappa shape index (κ2) is 4.64. The van der Waals surface area contributed by atoms with E-state index in [0.29, 0.717) is 29.7 Å². The lowest BCUT2D eigenvalue weighted by atomic mass is 10.0. The van der Waals surface area contributed by atoms with Crippen molar-refractivity contribution in [2.45, 2.75) is 19.1 Å². The van der Waals surface area contributed by atoms with Gasteiger partial charge in [-0.3, -0.25) is 4.68 Å². The molecule has 0 saturated heterocycles. The highest BCUT2D eigenvalue weighted by Crippen LogP contribution is 2.40. The van der Waals surface area contributed by atoms with E-state index in [1.165, 1.54) is 10.9 Å². The summed E-state index contributed by atoms with van der Waals surface area (Å²) in [6.07, 6.45) is -2.51. The smallest absolute Gasteiger partial charge is 0.435 e. The van der Waals surface area contributed by atoms with Crippen LogP contribution in [0.25, 0.3) is 11.0 Å². The summed E-state index contributed by atoms with van der Waals surface area (Å²) in [5.41, 5.74) is 6.98. The summed E-state index contributed by atoms with van der Waals surface area (Å²) in [6, 6.07) is 2.67. The summed E-state index contributed by atoms with van der Waals surface area (Å²) < 4.78 is 49.9. The summed E-state index contributed by atoms with van der Waals surface area (Å²) in [5.74, 6) is 0.836. The number of hydrogen-bond acceptors (Lipinski definition) is 5. The van der Waals surface area contributed by atoms with E-state index in [-0.39, 0.29) is 12.4 Å². The quantitative estimate of drug-likeness (QED) is 0.784. The number of benzene rings is 1. The first kappa shape index (κ1) is 13.9. The third kappa shape index (κ3) is 2.19. The van der Waals surface area contributed by atoms with Crippen molar-refractivity contribution in [3.8, 4) is 5.75 Å². The molecule has 1 aromatic carbocycles. The number of nitrogens with two attached hydrogens (primary N) is 1. The molecule has 6 nitrogen and oxygen atoms in total. The fourth-order valence-corrected chi connectivity index (χ4v) is 2.79. The molecule has 0 radical (unpaired) electrons. The van der Waals surface area contributed by atoms with Gasteiger partial charge in [-0.2, -0.15) is 18.3 Å². The van der Waals surface area contributed by atoms with E-state index in [4.69, 9.17) is 15.0 Å². The number of ether oxygens (including phenoxy) is 1. The van der Waals surface area contributed by atoms with Crippen LogP contribution in [-0.2, 0) is 19.1 Å². The third-order valence-corrected chi connectivity index (χ3v) is 3.80. The first-order valence-corrected chi connectivity index (χ1v) is 6.86. The average molecular weight is 324 g/mol. The summed E-state index contributed by atoms with van der Waals surface area (Å²) in [7, 11) is 0. The van der Waals surface area contributed by atoms with E-state index in [1.54, 1.807) is 6.07 Å². The minimum absolute atomic E-state index is 0.179. The van der Waals surface area contributed by atoms with Crippen LogP contribution in [0.15, 0.2) is 22.9 Å². The van der Waals surface area contributed by atoms with Crippen molar-refractivity contribution in [1.29, 1.82) is 0 Å². The monoisotopic (exact) mass is 324 g/mol. The Bertz CT molecular complexity index is 897. The minimum atomic E-state index is -4.46. The number of hydrogen-bond donors (Lipinski definition) is 1. The molecule has 1 aliphatic rings. The number of anilines is 1. The molecule has 3 aromatic rings. The van der Waals surface area contributed by atoms with E-state index < -0.39 is 11.9 Å². The average Bonchev–Trinajstić information content (AvgIpc) is 3.17. The Hall–Kier alpha value is -2.71. The van der Waals surface area contributed by atoms with Gasteiger partial charge >= 0.3 is 6.18 Å². The van der Waals surface area contributed by atoms with Crippen molar-refractivity contribution in [1.82, 2.24) is 14.9 Å². The van der Waals surface area contributed by atoms with Crippen molar-refractivity contribution in [2.75, 3.05) is 12.3 Å². The summed E-state index contributed by atoms with van der Waals surface area (Å²) in [4.78, 5) is 0. The number of nitrogens with zero attached hydrogens (tertiary/aromatic N) is 3. The lowest BCUT2D eigenvalue weighted by molar-refractivity contribution is -0.141. The van der Waals surface area contributed by atoms with E-state index in [9.17, 15) is 13.2 Å². The zero-order chi connectivity index (χ0) is 16.2. The van der Waals surface area contributed by atoms with Crippen LogP contribution in [0.1, 0.15) is 16.8 Å². The van der Waals surface area contributed by atoms with E-state index in [1.807, 2.05) is 0 Å². The molecule has 2 N–H and O–H groups in total. The van der Waals surface area contributed by atoms with Gasteiger partial charge < -0.3 is 15.0 Å². The highest BCUT2D eigenvalue weighted by atomic mass is 19.4. The molecule has 120 valence electrons. The van der Waals surface area contributed by atoms with Gasteiger partial charge in [0.25, 0.3) is 0 Å². The first-order valence-electron chi connectivity index (χ1n) is 6.86. The maximum absolute atomic E-state index is 12.6. The molecule has 0 saturated carbocycles. The van der Waals surface area contributed by atoms with Gasteiger partial charge in [-0.15, -0.1) is 0 Å². The van der Waals surface area contributed by atoms with Gasteiger partial charge in [-0.1, -0.05) is 5.16 Å². The zero-order valence-corrected chi connectivity index (χ0v) is 11.7. The van der Waals surface area contributed by atoms with Crippen LogP contribution in [0.4, 0.5) is 19.0 Å². The topological polar surface area (TPSA) is 79.1 Å². The number of fused-ring (bicyclic) bond motifs is 3. The second-order valence-electron chi connectivity index (χ2n) is 5.28. The lowest BCUT2D eigenvalue weighted by Crippen LogP contribution is -2.09. The van der Waals surface area contributed by atoms with Gasteiger partial charge in [0.1, 0.15) is 11.1 Å². The van der Waals surface area contributed by atoms with Crippen LogP contribution in [0, 0.1) is 0 Å². The van der Waals surface area contributed by atoms with Crippen LogP contribution >= 0.6 is 0 Å². The molecular formula is C14H11F3N4O2. The van der Waals surface area contributed by atoms with Crippen molar-refractivity contribution in [2.24, 2.45) is 0 Å². The minimum Gasteiger partial charge on any atom is -0.492 e. The van der Waals surface area contributed by atoms with Gasteiger partial charge in [0.05, 0.1) is 13.2 Å². The fourth-order valence-electron chi connectivity index (χ4n) is 2.79. The molecular weight excluding hydrogens is 313 g/mol. The van der Waals surface area contributed by atoms with Crippen LogP contribution in [0.5, 0.6) is 5.75 Å². The Morgan fingerprint density at radius 2 is 2.17 bits per heavy atom. The molecule has 0 aliphatic carbocycles. The van der Waals surface area contributed by atoms with Crippen LogP contribution in [0.2, 0.25) is 0 Å². The second-order valence-corrected chi connectivity index (χ2v) is 5.28. The normalized spacial score (nSPS) is 14.2. The molecule has 0 amide bonds.